The van der Waals surface area contributed by atoms with Gasteiger partial charge in [0.1, 0.15) is 11.0 Å². The molecule has 2 aliphatic carbocycles. The van der Waals surface area contributed by atoms with Crippen LogP contribution in [0.1, 0.15) is 201 Å². The molecule has 12 aromatic rings. The van der Waals surface area contributed by atoms with Crippen LogP contribution in [-0.4, -0.2) is 17.9 Å². The van der Waals surface area contributed by atoms with E-state index in [9.17, 15) is 0 Å². The third-order valence-electron chi connectivity index (χ3n) is 20.3. The van der Waals surface area contributed by atoms with Crippen LogP contribution in [0.5, 0.6) is 0 Å². The molecule has 0 bridgehead atoms. The molecule has 3 heterocycles. The zero-order chi connectivity index (χ0) is 60.3. The van der Waals surface area contributed by atoms with Crippen molar-refractivity contribution >= 4 is 66.4 Å². The molecule has 0 aliphatic heterocycles. The lowest BCUT2D eigenvalue weighted by Gasteiger charge is -2.33. The van der Waals surface area contributed by atoms with E-state index in [2.05, 4.69) is 243 Å². The van der Waals surface area contributed by atoms with Crippen LogP contribution in [0.25, 0.3) is 88.3 Å². The van der Waals surface area contributed by atoms with Crippen LogP contribution in [0.4, 0.5) is 0 Å². The summed E-state index contributed by atoms with van der Waals surface area (Å²) in [6.45, 7) is 9.30. The maximum atomic E-state index is 4.91. The topological polar surface area (TPSA) is 35.6 Å². The standard InChI is InChI=1S/C84H82N4S/c1-5-9-13-25-51-83(52-26-14-10-6-2)73-55-59(39-47-65(73)67-49-45-63(57-75(67)83)87-77-33-21-17-29-69(77)70-30-18-22-34-78(70)87)37-41-61-43-44-62(82-81(61)85-89-86-82)42-38-60-40-48-66-68-50-46-64(88-79-35-23-19-31-71(79)72-32-20-24-36-80(72)88)58-76(68)84(74(66)56-60,53-27-15-11-7-3)54-28-16-12-8-4/h17-24,29-36,39-40,43-50,55-58H,5-16,25-28,51-54H2,1-4H3. The Hall–Kier alpha value is -8.48. The SMILES string of the molecule is CCCCCCC1(CCCCCC)c2cc(C#Cc3ccc(C#Cc4ccc5c(c4)C(CCCCCC)(CCCCCC)c4cc(-n6c7ccccc7c7ccccc76)ccc4-5)c4nsnc34)ccc2-c2ccc(-n3c4ccccc4c4ccccc43)cc21. The molecular weight excluding hydrogens is 1100 g/mol. The number of fused-ring (bicyclic) bond motifs is 13. The van der Waals surface area contributed by atoms with Gasteiger partial charge in [-0.05, 0) is 155 Å². The molecule has 444 valence electrons. The minimum absolute atomic E-state index is 0.115. The fourth-order valence-electron chi connectivity index (χ4n) is 15.9. The molecule has 0 saturated heterocycles. The highest BCUT2D eigenvalue weighted by molar-refractivity contribution is 7.00. The number of unbranched alkanes of at least 4 members (excludes halogenated alkanes) is 12. The van der Waals surface area contributed by atoms with E-state index in [-0.39, 0.29) is 10.8 Å². The number of rotatable bonds is 22. The summed E-state index contributed by atoms with van der Waals surface area (Å²) in [6.07, 6.45) is 24.2. The fraction of sp³-hybridized carbons (Fsp3) is 0.310. The Bertz CT molecular complexity index is 4300. The minimum atomic E-state index is -0.115. The van der Waals surface area contributed by atoms with Gasteiger partial charge < -0.3 is 9.13 Å². The molecule has 0 saturated carbocycles. The van der Waals surface area contributed by atoms with Crippen molar-refractivity contribution in [1.29, 1.82) is 0 Å². The molecule has 0 unspecified atom stereocenters. The maximum Gasteiger partial charge on any atom is 0.121 e. The smallest absolute Gasteiger partial charge is 0.121 e. The quantitative estimate of drug-likeness (QED) is 0.0501. The number of hydrogen-bond donors (Lipinski definition) is 0. The van der Waals surface area contributed by atoms with Gasteiger partial charge in [0.05, 0.1) is 44.9 Å². The van der Waals surface area contributed by atoms with Gasteiger partial charge in [0.25, 0.3) is 0 Å². The van der Waals surface area contributed by atoms with Crippen molar-refractivity contribution in [3.05, 3.63) is 226 Å². The van der Waals surface area contributed by atoms with Crippen molar-refractivity contribution in [3.63, 3.8) is 0 Å². The molecule has 0 radical (unpaired) electrons. The largest absolute Gasteiger partial charge is 0.309 e. The molecule has 0 fully saturated rings. The van der Waals surface area contributed by atoms with Gasteiger partial charge in [0, 0.05) is 54.9 Å². The maximum absolute atomic E-state index is 4.91. The molecule has 9 aromatic carbocycles. The highest BCUT2D eigenvalue weighted by Gasteiger charge is 2.44. The Kier molecular flexibility index (Phi) is 16.7. The fourth-order valence-corrected chi connectivity index (χ4v) is 16.5. The van der Waals surface area contributed by atoms with Crippen molar-refractivity contribution in [2.45, 2.75) is 167 Å². The van der Waals surface area contributed by atoms with Crippen LogP contribution < -0.4 is 0 Å². The number of benzene rings is 9. The number of para-hydroxylation sites is 4. The summed E-state index contributed by atoms with van der Waals surface area (Å²) >= 11 is 1.25. The third-order valence-corrected chi connectivity index (χ3v) is 20.8. The third kappa shape index (κ3) is 10.6. The van der Waals surface area contributed by atoms with Gasteiger partial charge in [-0.1, -0.05) is 251 Å². The predicted octanol–water partition coefficient (Wildman–Crippen LogP) is 23.1. The molecule has 14 rings (SSSR count). The van der Waals surface area contributed by atoms with Crippen LogP contribution in [0.15, 0.2) is 182 Å². The van der Waals surface area contributed by atoms with Crippen LogP contribution in [-0.2, 0) is 10.8 Å². The van der Waals surface area contributed by atoms with Gasteiger partial charge in [0.15, 0.2) is 0 Å². The summed E-state index contributed by atoms with van der Waals surface area (Å²) in [7, 11) is 0. The molecule has 0 spiro atoms. The second-order valence-corrected chi connectivity index (χ2v) is 26.3. The predicted molar refractivity (Wildman–Crippen MR) is 378 cm³/mol. The lowest BCUT2D eigenvalue weighted by molar-refractivity contribution is 0.401. The lowest BCUT2D eigenvalue weighted by atomic mass is 9.70. The van der Waals surface area contributed by atoms with E-state index in [1.165, 1.54) is 214 Å². The van der Waals surface area contributed by atoms with Crippen molar-refractivity contribution in [2.24, 2.45) is 0 Å². The second kappa shape index (κ2) is 25.6. The summed E-state index contributed by atoms with van der Waals surface area (Å²) in [5.74, 6) is 14.7. The number of hydrogen-bond acceptors (Lipinski definition) is 3. The normalized spacial score (nSPS) is 13.4. The van der Waals surface area contributed by atoms with Crippen molar-refractivity contribution in [3.8, 4) is 57.3 Å². The summed E-state index contributed by atoms with van der Waals surface area (Å²) in [6, 6.07) is 68.8. The van der Waals surface area contributed by atoms with Crippen molar-refractivity contribution in [2.75, 3.05) is 0 Å². The highest BCUT2D eigenvalue weighted by Crippen LogP contribution is 2.57. The molecule has 89 heavy (non-hydrogen) atoms. The Morgan fingerprint density at radius 3 is 0.978 bits per heavy atom. The first kappa shape index (κ1) is 58.2. The van der Waals surface area contributed by atoms with Crippen LogP contribution in [0.3, 0.4) is 0 Å². The molecular formula is C84H82N4S. The van der Waals surface area contributed by atoms with Crippen LogP contribution in [0, 0.1) is 23.7 Å². The monoisotopic (exact) mass is 1180 g/mol. The van der Waals surface area contributed by atoms with Gasteiger partial charge in [0.2, 0.25) is 0 Å². The van der Waals surface area contributed by atoms with E-state index < -0.39 is 0 Å². The molecule has 0 amide bonds. The summed E-state index contributed by atoms with van der Waals surface area (Å²) in [5, 5.41) is 5.18. The Morgan fingerprint density at radius 1 is 0.326 bits per heavy atom. The van der Waals surface area contributed by atoms with E-state index in [1.54, 1.807) is 0 Å². The van der Waals surface area contributed by atoms with Gasteiger partial charge in [-0.15, -0.1) is 0 Å². The second-order valence-electron chi connectivity index (χ2n) is 25.7. The number of nitrogens with zero attached hydrogens (tertiary/aromatic N) is 4. The molecule has 0 N–H and O–H groups in total. The zero-order valence-electron chi connectivity index (χ0n) is 52.7. The Labute approximate surface area is 531 Å². The van der Waals surface area contributed by atoms with E-state index in [4.69, 9.17) is 8.75 Å². The van der Waals surface area contributed by atoms with Gasteiger partial charge in [-0.2, -0.15) is 8.75 Å². The van der Waals surface area contributed by atoms with E-state index in [0.717, 1.165) is 59.0 Å². The first-order valence-electron chi connectivity index (χ1n) is 33.8. The average Bonchev–Trinajstić information content (AvgIpc) is 1.58. The molecule has 3 aromatic heterocycles. The Balaban J connectivity index is 0.808. The van der Waals surface area contributed by atoms with E-state index in [1.807, 2.05) is 0 Å². The summed E-state index contributed by atoms with van der Waals surface area (Å²) in [5.41, 5.74) is 24.1. The first-order valence-corrected chi connectivity index (χ1v) is 34.5. The van der Waals surface area contributed by atoms with Crippen LogP contribution >= 0.6 is 11.7 Å². The van der Waals surface area contributed by atoms with Crippen molar-refractivity contribution in [1.82, 2.24) is 17.9 Å². The highest BCUT2D eigenvalue weighted by atomic mass is 32.1. The average molecular weight is 1180 g/mol. The molecule has 2 aliphatic rings. The first-order chi connectivity index (χ1) is 44.0. The van der Waals surface area contributed by atoms with Crippen LogP contribution in [0.2, 0.25) is 0 Å². The van der Waals surface area contributed by atoms with Gasteiger partial charge in [-0.3, -0.25) is 0 Å². The molecule has 4 nitrogen and oxygen atoms in total. The minimum Gasteiger partial charge on any atom is -0.309 e. The summed E-state index contributed by atoms with van der Waals surface area (Å²) < 4.78 is 14.8. The van der Waals surface area contributed by atoms with Gasteiger partial charge >= 0.3 is 0 Å². The van der Waals surface area contributed by atoms with Crippen molar-refractivity contribution < 1.29 is 0 Å². The molecule has 0 atom stereocenters. The Morgan fingerprint density at radius 2 is 0.640 bits per heavy atom. The zero-order valence-corrected chi connectivity index (χ0v) is 53.5. The van der Waals surface area contributed by atoms with Gasteiger partial charge in [-0.25, -0.2) is 0 Å². The lowest BCUT2D eigenvalue weighted by Crippen LogP contribution is -2.26. The van der Waals surface area contributed by atoms with E-state index >= 15 is 0 Å². The van der Waals surface area contributed by atoms with E-state index in [0.29, 0.717) is 0 Å². The summed E-state index contributed by atoms with van der Waals surface area (Å²) in [4.78, 5) is 0. The number of aromatic nitrogens is 4. The molecule has 5 heteroatoms.